The Kier molecular flexibility index (Phi) is 52.8. The summed E-state index contributed by atoms with van der Waals surface area (Å²) in [7, 11) is 0. The van der Waals surface area contributed by atoms with Crippen LogP contribution < -0.4 is 0 Å². The van der Waals surface area contributed by atoms with Gasteiger partial charge in [-0.15, -0.1) is 0 Å². The lowest BCUT2D eigenvalue weighted by Crippen LogP contribution is -2.30. The molecule has 0 aromatic rings. The van der Waals surface area contributed by atoms with Gasteiger partial charge in [0.25, 0.3) is 0 Å². The largest absolute Gasteiger partial charge is 0.462 e. The number of ether oxygens (including phenoxy) is 3. The molecule has 6 heteroatoms. The molecular formula is C61H106O6. The second-order valence-electron chi connectivity index (χ2n) is 18.8. The Morgan fingerprint density at radius 1 is 0.299 bits per heavy atom. The summed E-state index contributed by atoms with van der Waals surface area (Å²) in [4.78, 5) is 38.1. The maximum Gasteiger partial charge on any atom is 0.306 e. The van der Waals surface area contributed by atoms with Gasteiger partial charge in [-0.25, -0.2) is 0 Å². The zero-order chi connectivity index (χ0) is 48.6. The number of hydrogen-bond donors (Lipinski definition) is 0. The first-order chi connectivity index (χ1) is 33.0. The molecule has 0 heterocycles. The summed E-state index contributed by atoms with van der Waals surface area (Å²) < 4.78 is 16.8. The van der Waals surface area contributed by atoms with Crippen LogP contribution in [-0.4, -0.2) is 37.2 Å². The molecule has 1 atom stereocenters. The van der Waals surface area contributed by atoms with Crippen LogP contribution in [0.3, 0.4) is 0 Å². The van der Waals surface area contributed by atoms with Crippen molar-refractivity contribution in [3.63, 3.8) is 0 Å². The highest BCUT2D eigenvalue weighted by Gasteiger charge is 2.19. The summed E-state index contributed by atoms with van der Waals surface area (Å²) >= 11 is 0. The van der Waals surface area contributed by atoms with Crippen LogP contribution in [0.1, 0.15) is 278 Å². The molecule has 0 amide bonds. The number of unbranched alkanes of at least 4 members (excludes halogenated alkanes) is 28. The Balaban J connectivity index is 4.45. The van der Waals surface area contributed by atoms with Crippen LogP contribution in [-0.2, 0) is 28.6 Å². The SMILES string of the molecule is CCCCC/C=C\C/C=C\C/C=C\CCCCC(=O)OC[C@@H](COC(=O)CCCCCCCCC/C=C\C/C=C\CCCCC)OC(=O)CCCCCCCCC/C=C\CCCCCCCC. The molecule has 0 aromatic carbocycles. The predicted octanol–water partition coefficient (Wildman–Crippen LogP) is 19.0. The van der Waals surface area contributed by atoms with Crippen LogP contribution in [0.4, 0.5) is 0 Å². The fourth-order valence-corrected chi connectivity index (χ4v) is 7.83. The van der Waals surface area contributed by atoms with Gasteiger partial charge in [-0.3, -0.25) is 14.4 Å². The van der Waals surface area contributed by atoms with Crippen LogP contribution in [0, 0.1) is 0 Å². The van der Waals surface area contributed by atoms with Crippen molar-refractivity contribution in [1.82, 2.24) is 0 Å². The van der Waals surface area contributed by atoms with Gasteiger partial charge in [0.2, 0.25) is 0 Å². The summed E-state index contributed by atoms with van der Waals surface area (Å²) in [6, 6.07) is 0. The number of carbonyl (C=O) groups is 3. The van der Waals surface area contributed by atoms with E-state index < -0.39 is 6.10 Å². The van der Waals surface area contributed by atoms with E-state index in [-0.39, 0.29) is 31.1 Å². The van der Waals surface area contributed by atoms with E-state index in [0.29, 0.717) is 19.3 Å². The smallest absolute Gasteiger partial charge is 0.306 e. The second-order valence-corrected chi connectivity index (χ2v) is 18.8. The Morgan fingerprint density at radius 2 is 0.537 bits per heavy atom. The Labute approximate surface area is 414 Å². The molecule has 0 radical (unpaired) electrons. The van der Waals surface area contributed by atoms with Crippen molar-refractivity contribution in [2.75, 3.05) is 13.2 Å². The summed E-state index contributed by atoms with van der Waals surface area (Å²) in [6.07, 6.45) is 70.3. The topological polar surface area (TPSA) is 78.9 Å². The lowest BCUT2D eigenvalue weighted by atomic mass is 10.1. The molecule has 0 rings (SSSR count). The fourth-order valence-electron chi connectivity index (χ4n) is 7.83. The third kappa shape index (κ3) is 53.7. The van der Waals surface area contributed by atoms with Gasteiger partial charge in [-0.2, -0.15) is 0 Å². The quantitative estimate of drug-likeness (QED) is 0.0262. The lowest BCUT2D eigenvalue weighted by molar-refractivity contribution is -0.167. The summed E-state index contributed by atoms with van der Waals surface area (Å²) in [5.74, 6) is -0.937. The van der Waals surface area contributed by atoms with Crippen molar-refractivity contribution in [2.45, 2.75) is 284 Å². The van der Waals surface area contributed by atoms with E-state index >= 15 is 0 Å². The molecule has 0 saturated carbocycles. The summed E-state index contributed by atoms with van der Waals surface area (Å²) in [5, 5.41) is 0. The molecule has 0 aliphatic heterocycles. The molecule has 0 fully saturated rings. The Hall–Kier alpha value is -3.15. The highest BCUT2D eigenvalue weighted by molar-refractivity contribution is 5.71. The normalized spacial score (nSPS) is 12.6. The van der Waals surface area contributed by atoms with E-state index in [1.165, 1.54) is 154 Å². The molecule has 0 aliphatic carbocycles. The average Bonchev–Trinajstić information content (AvgIpc) is 3.33. The second kappa shape index (κ2) is 55.4. The van der Waals surface area contributed by atoms with E-state index in [0.717, 1.165) is 83.5 Å². The van der Waals surface area contributed by atoms with Crippen molar-refractivity contribution in [1.29, 1.82) is 0 Å². The first kappa shape index (κ1) is 63.8. The van der Waals surface area contributed by atoms with Crippen molar-refractivity contribution in [3.05, 3.63) is 72.9 Å². The van der Waals surface area contributed by atoms with E-state index in [4.69, 9.17) is 14.2 Å². The Morgan fingerprint density at radius 3 is 0.910 bits per heavy atom. The molecule has 0 aliphatic rings. The molecule has 0 unspecified atom stereocenters. The number of carbonyl (C=O) groups excluding carboxylic acids is 3. The minimum Gasteiger partial charge on any atom is -0.462 e. The highest BCUT2D eigenvalue weighted by atomic mass is 16.6. The van der Waals surface area contributed by atoms with E-state index in [2.05, 4.69) is 93.7 Å². The van der Waals surface area contributed by atoms with E-state index in [1.807, 2.05) is 0 Å². The molecular weight excluding hydrogens is 829 g/mol. The molecule has 0 N–H and O–H groups in total. The first-order valence-electron chi connectivity index (χ1n) is 28.4. The van der Waals surface area contributed by atoms with Gasteiger partial charge >= 0.3 is 17.9 Å². The van der Waals surface area contributed by atoms with Crippen molar-refractivity contribution >= 4 is 17.9 Å². The van der Waals surface area contributed by atoms with Crippen molar-refractivity contribution in [2.24, 2.45) is 0 Å². The van der Waals surface area contributed by atoms with Crippen LogP contribution in [0.25, 0.3) is 0 Å². The molecule has 386 valence electrons. The summed E-state index contributed by atoms with van der Waals surface area (Å²) in [5.41, 5.74) is 0. The van der Waals surface area contributed by atoms with Crippen LogP contribution in [0.5, 0.6) is 0 Å². The number of allylic oxidation sites excluding steroid dienone is 12. The zero-order valence-corrected chi connectivity index (χ0v) is 44.2. The molecule has 0 bridgehead atoms. The van der Waals surface area contributed by atoms with Crippen LogP contribution >= 0.6 is 0 Å². The van der Waals surface area contributed by atoms with Gasteiger partial charge in [0, 0.05) is 19.3 Å². The molecule has 67 heavy (non-hydrogen) atoms. The van der Waals surface area contributed by atoms with Gasteiger partial charge in [0.05, 0.1) is 0 Å². The van der Waals surface area contributed by atoms with Crippen LogP contribution in [0.2, 0.25) is 0 Å². The number of hydrogen-bond acceptors (Lipinski definition) is 6. The number of esters is 3. The molecule has 0 spiro atoms. The monoisotopic (exact) mass is 935 g/mol. The van der Waals surface area contributed by atoms with Gasteiger partial charge in [0.1, 0.15) is 13.2 Å². The van der Waals surface area contributed by atoms with Gasteiger partial charge in [-0.1, -0.05) is 216 Å². The van der Waals surface area contributed by atoms with Gasteiger partial charge in [-0.05, 0) is 116 Å². The Bertz CT molecular complexity index is 1260. The predicted molar refractivity (Wildman–Crippen MR) is 288 cm³/mol. The van der Waals surface area contributed by atoms with Gasteiger partial charge < -0.3 is 14.2 Å². The molecule has 6 nitrogen and oxygen atoms in total. The maximum atomic E-state index is 12.8. The van der Waals surface area contributed by atoms with Crippen LogP contribution in [0.15, 0.2) is 72.9 Å². The van der Waals surface area contributed by atoms with Gasteiger partial charge in [0.15, 0.2) is 6.10 Å². The lowest BCUT2D eigenvalue weighted by Gasteiger charge is -2.18. The first-order valence-corrected chi connectivity index (χ1v) is 28.4. The third-order valence-corrected chi connectivity index (χ3v) is 12.2. The maximum absolute atomic E-state index is 12.8. The fraction of sp³-hybridized carbons (Fsp3) is 0.754. The molecule has 0 aromatic heterocycles. The minimum absolute atomic E-state index is 0.0930. The minimum atomic E-state index is -0.797. The average molecular weight is 936 g/mol. The van der Waals surface area contributed by atoms with Crippen molar-refractivity contribution < 1.29 is 28.6 Å². The standard InChI is InChI=1S/C61H106O6/c1-4-7-10-13-16-19-22-25-28-30-33-36-39-42-45-48-51-54-60(63)66-57-58(56-65-59(62)53-50-47-44-41-38-35-32-27-24-21-18-15-12-9-6-3)67-61(64)55-52-49-46-43-40-37-34-31-29-26-23-20-17-14-11-8-5-2/h16,18-19,21,25-29,32,38,41,58H,4-15,17,20,22-24,30-31,33-37,39-40,42-57H2,1-3H3/b19-16-,21-18-,28-25-,29-26-,32-27-,41-38-/t58-/m0/s1. The number of rotatable bonds is 51. The van der Waals surface area contributed by atoms with E-state index in [1.54, 1.807) is 0 Å². The highest BCUT2D eigenvalue weighted by Crippen LogP contribution is 2.14. The zero-order valence-electron chi connectivity index (χ0n) is 44.2. The summed E-state index contributed by atoms with van der Waals surface area (Å²) in [6.45, 7) is 6.55. The molecule has 0 saturated heterocycles. The van der Waals surface area contributed by atoms with Crippen molar-refractivity contribution in [3.8, 4) is 0 Å². The van der Waals surface area contributed by atoms with E-state index in [9.17, 15) is 14.4 Å². The third-order valence-electron chi connectivity index (χ3n) is 12.2.